The first-order valence-corrected chi connectivity index (χ1v) is 13.4. The minimum absolute atomic E-state index is 0.823. The largest absolute Gasteiger partial charge is 0.311 e. The summed E-state index contributed by atoms with van der Waals surface area (Å²) in [5.74, 6) is 2.00. The lowest BCUT2D eigenvalue weighted by Gasteiger charge is -2.34. The standard InChI is InChI=1S/C26H48N2/c1-3-13-23(14-4-1)27-25-17-9-7-11-21(19-25)22-12-8-10-18-26(20-22)28-24-15-5-2-6-16-24/h21-28H,1-20H2. The van der Waals surface area contributed by atoms with Crippen LogP contribution in [0.5, 0.6) is 0 Å². The van der Waals surface area contributed by atoms with Crippen molar-refractivity contribution < 1.29 is 0 Å². The van der Waals surface area contributed by atoms with Crippen molar-refractivity contribution in [3.8, 4) is 0 Å². The lowest BCUT2D eigenvalue weighted by molar-refractivity contribution is 0.215. The first-order valence-electron chi connectivity index (χ1n) is 13.4. The van der Waals surface area contributed by atoms with Gasteiger partial charge in [0.1, 0.15) is 0 Å². The Kier molecular flexibility index (Phi) is 8.58. The molecule has 2 nitrogen and oxygen atoms in total. The molecule has 2 heteroatoms. The molecule has 28 heavy (non-hydrogen) atoms. The second kappa shape index (κ2) is 11.3. The van der Waals surface area contributed by atoms with Crippen LogP contribution in [0.3, 0.4) is 0 Å². The zero-order chi connectivity index (χ0) is 19.0. The summed E-state index contributed by atoms with van der Waals surface area (Å²) in [6, 6.07) is 3.33. The van der Waals surface area contributed by atoms with Gasteiger partial charge in [0.05, 0.1) is 0 Å². The molecule has 0 bridgehead atoms. The van der Waals surface area contributed by atoms with Gasteiger partial charge in [0.15, 0.2) is 0 Å². The molecule has 0 radical (unpaired) electrons. The third-order valence-corrected chi connectivity index (χ3v) is 8.75. The maximum absolute atomic E-state index is 4.14. The summed E-state index contributed by atoms with van der Waals surface area (Å²) in [5.41, 5.74) is 0. The summed E-state index contributed by atoms with van der Waals surface area (Å²) in [6.07, 6.45) is 29.4. The molecule has 4 saturated carbocycles. The predicted molar refractivity (Wildman–Crippen MR) is 121 cm³/mol. The molecule has 0 aromatic rings. The Labute approximate surface area is 175 Å². The van der Waals surface area contributed by atoms with Crippen molar-refractivity contribution in [2.75, 3.05) is 0 Å². The van der Waals surface area contributed by atoms with Crippen LogP contribution in [0.25, 0.3) is 0 Å². The van der Waals surface area contributed by atoms with E-state index in [0.29, 0.717) is 0 Å². The Morgan fingerprint density at radius 3 is 1.07 bits per heavy atom. The first-order chi connectivity index (χ1) is 13.9. The monoisotopic (exact) mass is 388 g/mol. The molecule has 0 saturated heterocycles. The molecule has 0 aliphatic heterocycles. The fourth-order valence-electron chi connectivity index (χ4n) is 7.16. The van der Waals surface area contributed by atoms with Gasteiger partial charge in [-0.2, -0.15) is 0 Å². The Bertz CT molecular complexity index is 384. The molecule has 0 aromatic carbocycles. The zero-order valence-electron chi connectivity index (χ0n) is 18.6. The topological polar surface area (TPSA) is 24.1 Å². The maximum atomic E-state index is 4.14. The van der Waals surface area contributed by atoms with Gasteiger partial charge < -0.3 is 10.6 Å². The van der Waals surface area contributed by atoms with Crippen LogP contribution in [0.1, 0.15) is 128 Å². The van der Waals surface area contributed by atoms with Crippen molar-refractivity contribution in [1.29, 1.82) is 0 Å². The van der Waals surface area contributed by atoms with Crippen molar-refractivity contribution >= 4 is 0 Å². The maximum Gasteiger partial charge on any atom is 0.00723 e. The van der Waals surface area contributed by atoms with Gasteiger partial charge in [-0.3, -0.25) is 0 Å². The lowest BCUT2D eigenvalue weighted by atomic mass is 9.79. The fourth-order valence-corrected chi connectivity index (χ4v) is 7.16. The molecule has 4 fully saturated rings. The smallest absolute Gasteiger partial charge is 0.00723 e. The molecule has 4 aliphatic rings. The SMILES string of the molecule is C1CCC(NC2CCCCC(C3CCCCC(NC4CCCCC4)C3)C2)CC1. The van der Waals surface area contributed by atoms with Crippen molar-refractivity contribution in [2.45, 2.75) is 153 Å². The van der Waals surface area contributed by atoms with E-state index >= 15 is 0 Å². The van der Waals surface area contributed by atoms with Gasteiger partial charge in [0.25, 0.3) is 0 Å². The number of rotatable bonds is 5. The van der Waals surface area contributed by atoms with Crippen LogP contribution < -0.4 is 10.6 Å². The molecule has 0 heterocycles. The molecular weight excluding hydrogens is 340 g/mol. The van der Waals surface area contributed by atoms with Gasteiger partial charge in [-0.1, -0.05) is 77.0 Å². The van der Waals surface area contributed by atoms with E-state index in [9.17, 15) is 0 Å². The Hall–Kier alpha value is -0.0800. The van der Waals surface area contributed by atoms with E-state index in [-0.39, 0.29) is 0 Å². The lowest BCUT2D eigenvalue weighted by Crippen LogP contribution is -2.42. The molecule has 4 atom stereocenters. The predicted octanol–water partition coefficient (Wildman–Crippen LogP) is 6.73. The summed E-state index contributed by atoms with van der Waals surface area (Å²) < 4.78 is 0. The van der Waals surface area contributed by atoms with Crippen molar-refractivity contribution in [1.82, 2.24) is 10.6 Å². The molecular formula is C26H48N2. The normalized spacial score (nSPS) is 37.3. The number of hydrogen-bond donors (Lipinski definition) is 2. The van der Waals surface area contributed by atoms with E-state index in [1.165, 1.54) is 128 Å². The van der Waals surface area contributed by atoms with Crippen LogP contribution in [-0.4, -0.2) is 24.2 Å². The quantitative estimate of drug-likeness (QED) is 0.510. The summed E-state index contributed by atoms with van der Waals surface area (Å²) in [6.45, 7) is 0. The van der Waals surface area contributed by atoms with Gasteiger partial charge in [-0.25, -0.2) is 0 Å². The Balaban J connectivity index is 1.30. The molecule has 162 valence electrons. The highest BCUT2D eigenvalue weighted by Gasteiger charge is 2.31. The number of hydrogen-bond acceptors (Lipinski definition) is 2. The average Bonchev–Trinajstić information content (AvgIpc) is 3.10. The second-order valence-corrected chi connectivity index (χ2v) is 11.0. The van der Waals surface area contributed by atoms with Gasteiger partial charge in [-0.15, -0.1) is 0 Å². The van der Waals surface area contributed by atoms with Gasteiger partial charge in [0.2, 0.25) is 0 Å². The van der Waals surface area contributed by atoms with Crippen LogP contribution in [-0.2, 0) is 0 Å². The van der Waals surface area contributed by atoms with Gasteiger partial charge in [0, 0.05) is 24.2 Å². The Morgan fingerprint density at radius 1 is 0.321 bits per heavy atom. The zero-order valence-corrected chi connectivity index (χ0v) is 18.6. The average molecular weight is 389 g/mol. The molecule has 4 rings (SSSR count). The molecule has 4 unspecified atom stereocenters. The minimum Gasteiger partial charge on any atom is -0.311 e. The summed E-state index contributed by atoms with van der Waals surface area (Å²) >= 11 is 0. The van der Waals surface area contributed by atoms with Gasteiger partial charge in [-0.05, 0) is 63.2 Å². The molecule has 0 amide bonds. The van der Waals surface area contributed by atoms with Crippen LogP contribution in [0, 0.1) is 11.8 Å². The summed E-state index contributed by atoms with van der Waals surface area (Å²) in [7, 11) is 0. The molecule has 0 spiro atoms. The second-order valence-electron chi connectivity index (χ2n) is 11.0. The van der Waals surface area contributed by atoms with Crippen LogP contribution in [0.2, 0.25) is 0 Å². The highest BCUT2D eigenvalue weighted by Crippen LogP contribution is 2.38. The van der Waals surface area contributed by atoms with Gasteiger partial charge >= 0.3 is 0 Å². The first kappa shape index (κ1) is 21.2. The van der Waals surface area contributed by atoms with E-state index in [4.69, 9.17) is 0 Å². The van der Waals surface area contributed by atoms with E-state index in [0.717, 1.165) is 36.0 Å². The third-order valence-electron chi connectivity index (χ3n) is 8.75. The van der Waals surface area contributed by atoms with Crippen molar-refractivity contribution in [3.63, 3.8) is 0 Å². The fraction of sp³-hybridized carbons (Fsp3) is 1.00. The highest BCUT2D eigenvalue weighted by atomic mass is 15.0. The van der Waals surface area contributed by atoms with E-state index < -0.39 is 0 Å². The Morgan fingerprint density at radius 2 is 0.643 bits per heavy atom. The molecule has 4 aliphatic carbocycles. The number of nitrogens with one attached hydrogen (secondary N) is 2. The van der Waals surface area contributed by atoms with Crippen molar-refractivity contribution in [2.24, 2.45) is 11.8 Å². The van der Waals surface area contributed by atoms with Crippen LogP contribution in [0.4, 0.5) is 0 Å². The molecule has 2 N–H and O–H groups in total. The minimum atomic E-state index is 0.823. The van der Waals surface area contributed by atoms with Crippen molar-refractivity contribution in [3.05, 3.63) is 0 Å². The van der Waals surface area contributed by atoms with Crippen LogP contribution >= 0.6 is 0 Å². The highest BCUT2D eigenvalue weighted by molar-refractivity contribution is 4.88. The summed E-state index contributed by atoms with van der Waals surface area (Å²) in [5, 5.41) is 8.29. The van der Waals surface area contributed by atoms with E-state index in [1.807, 2.05) is 0 Å². The van der Waals surface area contributed by atoms with E-state index in [2.05, 4.69) is 10.6 Å². The third kappa shape index (κ3) is 6.46. The van der Waals surface area contributed by atoms with E-state index in [1.54, 1.807) is 0 Å². The van der Waals surface area contributed by atoms with Crippen LogP contribution in [0.15, 0.2) is 0 Å². The molecule has 0 aromatic heterocycles. The summed E-state index contributed by atoms with van der Waals surface area (Å²) in [4.78, 5) is 0.